The van der Waals surface area contributed by atoms with Gasteiger partial charge in [0, 0.05) is 38.1 Å². The van der Waals surface area contributed by atoms with Gasteiger partial charge in [0.25, 0.3) is 0 Å². The van der Waals surface area contributed by atoms with E-state index in [0.717, 1.165) is 23.1 Å². The number of halogens is 1. The van der Waals surface area contributed by atoms with E-state index < -0.39 is 0 Å². The molecule has 0 saturated heterocycles. The maximum absolute atomic E-state index is 8.69. The van der Waals surface area contributed by atoms with Gasteiger partial charge in [-0.2, -0.15) is 5.26 Å². The summed E-state index contributed by atoms with van der Waals surface area (Å²) in [5.74, 6) is 0. The molecule has 0 radical (unpaired) electrons. The molecule has 2 heterocycles. The van der Waals surface area contributed by atoms with E-state index in [-0.39, 0.29) is 0 Å². The second-order valence-corrected chi connectivity index (χ2v) is 6.16. The highest BCUT2D eigenvalue weighted by Crippen LogP contribution is 2.20. The Morgan fingerprint density at radius 1 is 1.19 bits per heavy atom. The van der Waals surface area contributed by atoms with Crippen molar-refractivity contribution in [3.63, 3.8) is 0 Å². The van der Waals surface area contributed by atoms with Crippen molar-refractivity contribution in [2.75, 3.05) is 0 Å². The van der Waals surface area contributed by atoms with Crippen LogP contribution in [0.2, 0.25) is 0 Å². The largest absolute Gasteiger partial charge is 0.307 e. The number of nitrogens with one attached hydrogen (secondary N) is 1. The minimum atomic E-state index is 0.751. The molecule has 0 bridgehead atoms. The molecule has 0 aliphatic rings. The van der Waals surface area contributed by atoms with Crippen LogP contribution in [0.5, 0.6) is 0 Å². The molecule has 1 N–H and O–H groups in total. The summed E-state index contributed by atoms with van der Waals surface area (Å²) < 4.78 is 1.14. The van der Waals surface area contributed by atoms with Gasteiger partial charge in [0.05, 0.1) is 5.56 Å². The summed E-state index contributed by atoms with van der Waals surface area (Å²) in [7, 11) is 0. The Morgan fingerprint density at radius 3 is 2.44 bits per heavy atom. The standard InChI is InChI=1S/C11H9BrN2S2/c12-9-2-11(16-7-9)5-14-4-10-1-8(3-13)6-15-10/h1-2,6-7,14H,4-5H2. The fraction of sp³-hybridized carbons (Fsp3) is 0.182. The zero-order valence-corrected chi connectivity index (χ0v) is 11.6. The second-order valence-electron chi connectivity index (χ2n) is 3.25. The van der Waals surface area contributed by atoms with Crippen molar-refractivity contribution in [1.82, 2.24) is 5.32 Å². The molecule has 0 atom stereocenters. The van der Waals surface area contributed by atoms with E-state index in [2.05, 4.69) is 38.8 Å². The molecule has 0 aromatic carbocycles. The molecule has 0 aliphatic heterocycles. The van der Waals surface area contributed by atoms with E-state index in [1.807, 2.05) is 11.4 Å². The lowest BCUT2D eigenvalue weighted by molar-refractivity contribution is 0.708. The van der Waals surface area contributed by atoms with Crippen LogP contribution >= 0.6 is 38.6 Å². The van der Waals surface area contributed by atoms with Crippen LogP contribution in [-0.2, 0) is 13.1 Å². The summed E-state index contributed by atoms with van der Waals surface area (Å²) >= 11 is 6.79. The fourth-order valence-corrected chi connectivity index (χ4v) is 3.49. The van der Waals surface area contributed by atoms with Gasteiger partial charge in [0.1, 0.15) is 6.07 Å². The highest BCUT2D eigenvalue weighted by molar-refractivity contribution is 9.10. The molecule has 5 heteroatoms. The number of hydrogen-bond donors (Lipinski definition) is 1. The average Bonchev–Trinajstić information content (AvgIpc) is 2.88. The van der Waals surface area contributed by atoms with Crippen molar-refractivity contribution in [3.8, 4) is 6.07 Å². The van der Waals surface area contributed by atoms with Crippen LogP contribution in [0.1, 0.15) is 15.3 Å². The van der Waals surface area contributed by atoms with Crippen molar-refractivity contribution in [2.24, 2.45) is 0 Å². The lowest BCUT2D eigenvalue weighted by atomic mass is 10.3. The molecule has 2 aromatic rings. The molecule has 0 unspecified atom stereocenters. The quantitative estimate of drug-likeness (QED) is 0.933. The van der Waals surface area contributed by atoms with Crippen LogP contribution < -0.4 is 5.32 Å². The lowest BCUT2D eigenvalue weighted by Crippen LogP contribution is -2.10. The Bertz CT molecular complexity index is 510. The van der Waals surface area contributed by atoms with Crippen molar-refractivity contribution in [3.05, 3.63) is 42.7 Å². The van der Waals surface area contributed by atoms with Crippen LogP contribution in [0.3, 0.4) is 0 Å². The first-order valence-corrected chi connectivity index (χ1v) is 7.24. The number of nitriles is 1. The maximum Gasteiger partial charge on any atom is 0.100 e. The monoisotopic (exact) mass is 312 g/mol. The molecule has 2 aromatic heterocycles. The maximum atomic E-state index is 8.69. The van der Waals surface area contributed by atoms with Crippen molar-refractivity contribution >= 4 is 38.6 Å². The smallest absolute Gasteiger partial charge is 0.100 e. The molecule has 0 amide bonds. The third kappa shape index (κ3) is 3.16. The second kappa shape index (κ2) is 5.60. The SMILES string of the molecule is N#Cc1csc(CNCc2cc(Br)cs2)c1. The van der Waals surface area contributed by atoms with E-state index in [1.54, 1.807) is 22.7 Å². The molecule has 0 spiro atoms. The van der Waals surface area contributed by atoms with E-state index in [1.165, 1.54) is 9.75 Å². The predicted octanol–water partition coefficient (Wildman–Crippen LogP) is 3.73. The van der Waals surface area contributed by atoms with Crippen molar-refractivity contribution in [1.29, 1.82) is 5.26 Å². The summed E-state index contributed by atoms with van der Waals surface area (Å²) in [6, 6.07) is 6.19. The van der Waals surface area contributed by atoms with E-state index >= 15 is 0 Å². The van der Waals surface area contributed by atoms with Crippen molar-refractivity contribution < 1.29 is 0 Å². The summed E-state index contributed by atoms with van der Waals surface area (Å²) in [6.45, 7) is 1.69. The third-order valence-corrected chi connectivity index (χ3v) is 4.64. The molecule has 16 heavy (non-hydrogen) atoms. The molecule has 0 fully saturated rings. The Kier molecular flexibility index (Phi) is 4.13. The molecule has 0 aliphatic carbocycles. The zero-order valence-electron chi connectivity index (χ0n) is 8.37. The Morgan fingerprint density at radius 2 is 1.88 bits per heavy atom. The van der Waals surface area contributed by atoms with Gasteiger partial charge in [-0.3, -0.25) is 0 Å². The molecular formula is C11H9BrN2S2. The van der Waals surface area contributed by atoms with E-state index in [9.17, 15) is 0 Å². The van der Waals surface area contributed by atoms with E-state index in [0.29, 0.717) is 0 Å². The summed E-state index contributed by atoms with van der Waals surface area (Å²) in [5.41, 5.74) is 0.751. The molecule has 82 valence electrons. The van der Waals surface area contributed by atoms with Crippen LogP contribution in [0, 0.1) is 11.3 Å². The van der Waals surface area contributed by atoms with Crippen LogP contribution in [0.4, 0.5) is 0 Å². The van der Waals surface area contributed by atoms with Gasteiger partial charge in [-0.25, -0.2) is 0 Å². The van der Waals surface area contributed by atoms with Crippen LogP contribution in [0.15, 0.2) is 27.4 Å². The van der Waals surface area contributed by atoms with Gasteiger partial charge >= 0.3 is 0 Å². The first kappa shape index (κ1) is 11.8. The Balaban J connectivity index is 1.82. The summed E-state index contributed by atoms with van der Waals surface area (Å²) in [4.78, 5) is 2.51. The van der Waals surface area contributed by atoms with Gasteiger partial charge in [0.2, 0.25) is 0 Å². The molecule has 2 rings (SSSR count). The summed E-state index contributed by atoms with van der Waals surface area (Å²) in [5, 5.41) is 16.0. The topological polar surface area (TPSA) is 35.8 Å². The summed E-state index contributed by atoms with van der Waals surface area (Å²) in [6.07, 6.45) is 0. The van der Waals surface area contributed by atoms with Gasteiger partial charge in [-0.05, 0) is 28.1 Å². The Labute approximate surface area is 111 Å². The minimum Gasteiger partial charge on any atom is -0.307 e. The molecular weight excluding hydrogens is 304 g/mol. The fourth-order valence-electron chi connectivity index (χ4n) is 1.29. The van der Waals surface area contributed by atoms with Gasteiger partial charge < -0.3 is 5.32 Å². The average molecular weight is 313 g/mol. The van der Waals surface area contributed by atoms with Gasteiger partial charge in [-0.15, -0.1) is 22.7 Å². The van der Waals surface area contributed by atoms with Crippen molar-refractivity contribution in [2.45, 2.75) is 13.1 Å². The van der Waals surface area contributed by atoms with Crippen LogP contribution in [0.25, 0.3) is 0 Å². The zero-order chi connectivity index (χ0) is 11.4. The number of nitrogens with zero attached hydrogens (tertiary/aromatic N) is 1. The molecule has 0 saturated carbocycles. The van der Waals surface area contributed by atoms with E-state index in [4.69, 9.17) is 5.26 Å². The number of thiophene rings is 2. The number of hydrogen-bond acceptors (Lipinski definition) is 4. The van der Waals surface area contributed by atoms with Crippen LogP contribution in [-0.4, -0.2) is 0 Å². The van der Waals surface area contributed by atoms with Gasteiger partial charge in [0.15, 0.2) is 0 Å². The normalized spacial score (nSPS) is 10.2. The first-order chi connectivity index (χ1) is 7.78. The first-order valence-electron chi connectivity index (χ1n) is 4.69. The minimum absolute atomic E-state index is 0.751. The Hall–Kier alpha value is -0.670. The third-order valence-electron chi connectivity index (χ3n) is 2.00. The highest BCUT2D eigenvalue weighted by Gasteiger charge is 2.00. The number of rotatable bonds is 4. The lowest BCUT2D eigenvalue weighted by Gasteiger charge is -1.99. The highest BCUT2D eigenvalue weighted by atomic mass is 79.9. The molecule has 2 nitrogen and oxygen atoms in total. The predicted molar refractivity (Wildman–Crippen MR) is 71.6 cm³/mol. The van der Waals surface area contributed by atoms with Gasteiger partial charge in [-0.1, -0.05) is 0 Å².